The molecule has 0 amide bonds. The molecule has 0 radical (unpaired) electrons. The van der Waals surface area contributed by atoms with E-state index in [4.69, 9.17) is 0 Å². The van der Waals surface area contributed by atoms with Gasteiger partial charge in [-0.3, -0.25) is 14.5 Å². The first-order chi connectivity index (χ1) is 13.6. The van der Waals surface area contributed by atoms with Crippen LogP contribution < -0.4 is 0 Å². The molecule has 0 atom stereocenters. The number of rotatable bonds is 6. The lowest BCUT2D eigenvalue weighted by Gasteiger charge is -2.10. The van der Waals surface area contributed by atoms with Crippen LogP contribution in [-0.4, -0.2) is 25.1 Å². The van der Waals surface area contributed by atoms with Gasteiger partial charge in [-0.2, -0.15) is 5.10 Å². The topological polar surface area (TPSA) is 52.7 Å². The Labute approximate surface area is 164 Å². The van der Waals surface area contributed by atoms with Gasteiger partial charge in [-0.15, -0.1) is 0 Å². The van der Waals surface area contributed by atoms with Crippen LogP contribution in [-0.2, 0) is 13.1 Å². The van der Waals surface area contributed by atoms with E-state index in [9.17, 15) is 4.79 Å². The molecule has 3 heterocycles. The average molecular weight is 370 g/mol. The molecule has 140 valence electrons. The molecule has 1 aromatic carbocycles. The molecule has 4 aromatic rings. The van der Waals surface area contributed by atoms with Gasteiger partial charge in [0.05, 0.1) is 5.69 Å². The van der Waals surface area contributed by atoms with Crippen LogP contribution in [0.25, 0.3) is 11.3 Å². The van der Waals surface area contributed by atoms with Crippen LogP contribution in [0, 0.1) is 13.8 Å². The van der Waals surface area contributed by atoms with E-state index in [1.807, 2.05) is 56.3 Å². The zero-order chi connectivity index (χ0) is 19.5. The molecule has 0 aliphatic carbocycles. The lowest BCUT2D eigenvalue weighted by molar-refractivity contribution is 0.0967. The van der Waals surface area contributed by atoms with Crippen molar-refractivity contribution in [1.29, 1.82) is 0 Å². The highest BCUT2D eigenvalue weighted by atomic mass is 16.1. The average Bonchev–Trinajstić information content (AvgIpc) is 3.29. The van der Waals surface area contributed by atoms with E-state index in [-0.39, 0.29) is 12.3 Å². The Kier molecular flexibility index (Phi) is 4.89. The highest BCUT2D eigenvalue weighted by Crippen LogP contribution is 2.21. The predicted molar refractivity (Wildman–Crippen MR) is 109 cm³/mol. The lowest BCUT2D eigenvalue weighted by Crippen LogP contribution is -2.14. The van der Waals surface area contributed by atoms with Gasteiger partial charge in [-0.1, -0.05) is 30.3 Å². The monoisotopic (exact) mass is 370 g/mol. The quantitative estimate of drug-likeness (QED) is 0.476. The van der Waals surface area contributed by atoms with Crippen molar-refractivity contribution in [2.45, 2.75) is 26.9 Å². The number of carbonyl (C=O) groups is 1. The second-order valence-corrected chi connectivity index (χ2v) is 6.89. The Hall–Kier alpha value is -3.47. The Morgan fingerprint density at radius 1 is 0.964 bits per heavy atom. The first kappa shape index (κ1) is 17.9. The fourth-order valence-electron chi connectivity index (χ4n) is 3.54. The van der Waals surface area contributed by atoms with Gasteiger partial charge in [0.1, 0.15) is 6.54 Å². The largest absolute Gasteiger partial charge is 0.344 e. The Bertz CT molecular complexity index is 1090. The first-order valence-corrected chi connectivity index (χ1v) is 9.29. The molecular formula is C23H22N4O. The molecule has 28 heavy (non-hydrogen) atoms. The second-order valence-electron chi connectivity index (χ2n) is 6.89. The maximum Gasteiger partial charge on any atom is 0.186 e. The SMILES string of the molecule is Cc1cc(C(=O)Cn2nccc2-c2ccncc2)c(C)n1Cc1ccccc1. The normalized spacial score (nSPS) is 10.9. The van der Waals surface area contributed by atoms with E-state index >= 15 is 0 Å². The molecule has 0 saturated heterocycles. The van der Waals surface area contributed by atoms with Crippen LogP contribution in [0.1, 0.15) is 27.3 Å². The summed E-state index contributed by atoms with van der Waals surface area (Å²) in [5.41, 5.74) is 5.95. The van der Waals surface area contributed by atoms with Crippen LogP contribution in [0.4, 0.5) is 0 Å². The number of hydrogen-bond donors (Lipinski definition) is 0. The zero-order valence-corrected chi connectivity index (χ0v) is 16.0. The van der Waals surface area contributed by atoms with Crippen molar-refractivity contribution in [3.63, 3.8) is 0 Å². The van der Waals surface area contributed by atoms with Crippen LogP contribution in [0.2, 0.25) is 0 Å². The van der Waals surface area contributed by atoms with E-state index in [2.05, 4.69) is 26.8 Å². The third-order valence-electron chi connectivity index (χ3n) is 5.04. The summed E-state index contributed by atoms with van der Waals surface area (Å²) in [6, 6.07) is 18.0. The smallest absolute Gasteiger partial charge is 0.186 e. The first-order valence-electron chi connectivity index (χ1n) is 9.29. The van der Waals surface area contributed by atoms with E-state index in [1.54, 1.807) is 23.3 Å². The number of hydrogen-bond acceptors (Lipinski definition) is 3. The number of Topliss-reactive ketones (excluding diaryl/α,β-unsaturated/α-hetero) is 1. The number of pyridine rings is 1. The van der Waals surface area contributed by atoms with E-state index in [0.29, 0.717) is 0 Å². The van der Waals surface area contributed by atoms with Gasteiger partial charge in [0, 0.05) is 47.7 Å². The maximum atomic E-state index is 13.0. The third-order valence-corrected chi connectivity index (χ3v) is 5.04. The molecule has 0 spiro atoms. The molecule has 0 aliphatic heterocycles. The summed E-state index contributed by atoms with van der Waals surface area (Å²) in [5.74, 6) is 0.0615. The summed E-state index contributed by atoms with van der Waals surface area (Å²) in [7, 11) is 0. The maximum absolute atomic E-state index is 13.0. The van der Waals surface area contributed by atoms with Crippen molar-refractivity contribution in [2.24, 2.45) is 0 Å². The highest BCUT2D eigenvalue weighted by molar-refractivity contribution is 5.97. The number of nitrogens with zero attached hydrogens (tertiary/aromatic N) is 4. The summed E-state index contributed by atoms with van der Waals surface area (Å²) in [6.07, 6.45) is 5.21. The molecule has 0 aliphatic rings. The van der Waals surface area contributed by atoms with Gasteiger partial charge >= 0.3 is 0 Å². The minimum absolute atomic E-state index is 0.0615. The van der Waals surface area contributed by atoms with E-state index in [0.717, 1.165) is 34.8 Å². The minimum Gasteiger partial charge on any atom is -0.344 e. The Morgan fingerprint density at radius 3 is 2.46 bits per heavy atom. The van der Waals surface area contributed by atoms with Gasteiger partial charge in [0.15, 0.2) is 5.78 Å². The van der Waals surface area contributed by atoms with Gasteiger partial charge in [0.25, 0.3) is 0 Å². The van der Waals surface area contributed by atoms with Crippen LogP contribution in [0.5, 0.6) is 0 Å². The summed E-state index contributed by atoms with van der Waals surface area (Å²) in [4.78, 5) is 17.1. The number of ketones is 1. The standard InChI is InChI=1S/C23H22N4O/c1-17-14-21(18(2)26(17)15-19-6-4-3-5-7-19)23(28)16-27-22(10-13-25-27)20-8-11-24-12-9-20/h3-14H,15-16H2,1-2H3. The molecule has 0 bridgehead atoms. The molecular weight excluding hydrogens is 348 g/mol. The Morgan fingerprint density at radius 2 is 1.71 bits per heavy atom. The van der Waals surface area contributed by atoms with Crippen molar-refractivity contribution in [3.8, 4) is 11.3 Å². The van der Waals surface area contributed by atoms with Gasteiger partial charge in [-0.05, 0) is 43.7 Å². The molecule has 0 N–H and O–H groups in total. The number of aryl methyl sites for hydroxylation is 1. The fourth-order valence-corrected chi connectivity index (χ4v) is 3.54. The molecule has 0 saturated carbocycles. The third kappa shape index (κ3) is 3.51. The molecule has 3 aromatic heterocycles. The van der Waals surface area contributed by atoms with Crippen molar-refractivity contribution in [3.05, 3.63) is 95.7 Å². The molecule has 0 unspecified atom stereocenters. The van der Waals surface area contributed by atoms with Gasteiger partial charge < -0.3 is 4.57 Å². The minimum atomic E-state index is 0.0615. The van der Waals surface area contributed by atoms with Crippen molar-refractivity contribution < 1.29 is 4.79 Å². The molecule has 5 nitrogen and oxygen atoms in total. The molecule has 5 heteroatoms. The van der Waals surface area contributed by atoms with E-state index < -0.39 is 0 Å². The fraction of sp³-hybridized carbons (Fsp3) is 0.174. The summed E-state index contributed by atoms with van der Waals surface area (Å²) >= 11 is 0. The van der Waals surface area contributed by atoms with Gasteiger partial charge in [-0.25, -0.2) is 0 Å². The van der Waals surface area contributed by atoms with Crippen LogP contribution in [0.3, 0.4) is 0 Å². The van der Waals surface area contributed by atoms with Crippen molar-refractivity contribution in [1.82, 2.24) is 19.3 Å². The number of benzene rings is 1. The van der Waals surface area contributed by atoms with Gasteiger partial charge in [0.2, 0.25) is 0 Å². The molecule has 4 rings (SSSR count). The highest BCUT2D eigenvalue weighted by Gasteiger charge is 2.18. The Balaban J connectivity index is 1.59. The second kappa shape index (κ2) is 7.64. The van der Waals surface area contributed by atoms with Crippen molar-refractivity contribution in [2.75, 3.05) is 0 Å². The van der Waals surface area contributed by atoms with Crippen molar-refractivity contribution >= 4 is 5.78 Å². The summed E-state index contributed by atoms with van der Waals surface area (Å²) in [5, 5.41) is 4.35. The number of carbonyl (C=O) groups excluding carboxylic acids is 1. The summed E-state index contributed by atoms with van der Waals surface area (Å²) < 4.78 is 3.94. The lowest BCUT2D eigenvalue weighted by atomic mass is 10.1. The zero-order valence-electron chi connectivity index (χ0n) is 16.0. The summed E-state index contributed by atoms with van der Waals surface area (Å²) in [6.45, 7) is 5.02. The molecule has 0 fully saturated rings. The van der Waals surface area contributed by atoms with Crippen LogP contribution >= 0.6 is 0 Å². The predicted octanol–water partition coefficient (Wildman–Crippen LogP) is 4.29. The number of aromatic nitrogens is 4. The van der Waals surface area contributed by atoms with Crippen LogP contribution in [0.15, 0.2) is 73.2 Å². The van der Waals surface area contributed by atoms with E-state index in [1.165, 1.54) is 5.56 Å².